The Morgan fingerprint density at radius 2 is 2.08 bits per heavy atom. The zero-order chi connectivity index (χ0) is 9.00. The first kappa shape index (κ1) is 7.78. The largest absolute Gasteiger partial charge is 0.295 e. The number of rotatable bonds is 0. The Labute approximate surface area is 79.2 Å². The molecule has 13 heavy (non-hydrogen) atoms. The molecule has 0 spiro atoms. The lowest BCUT2D eigenvalue weighted by Crippen LogP contribution is -2.15. The van der Waals surface area contributed by atoms with E-state index in [-0.39, 0.29) is 0 Å². The van der Waals surface area contributed by atoms with Gasteiger partial charge in [-0.15, -0.1) is 0 Å². The zero-order valence-electron chi connectivity index (χ0n) is 8.18. The minimum atomic E-state index is 0.483. The molecule has 3 rings (SSSR count). The molecule has 0 aromatic heterocycles. The van der Waals surface area contributed by atoms with Gasteiger partial charge in [-0.1, -0.05) is 12.5 Å². The first-order chi connectivity index (χ1) is 6.27. The first-order valence-electron chi connectivity index (χ1n) is 5.52. The summed E-state index contributed by atoms with van der Waals surface area (Å²) < 4.78 is 0. The fourth-order valence-corrected chi connectivity index (χ4v) is 3.73. The van der Waals surface area contributed by atoms with Gasteiger partial charge in [0.05, 0.1) is 0 Å². The Balaban J connectivity index is 2.00. The summed E-state index contributed by atoms with van der Waals surface area (Å²) in [5.41, 5.74) is 2.82. The molecule has 0 radical (unpaired) electrons. The summed E-state index contributed by atoms with van der Waals surface area (Å²) in [6.07, 6.45) is 5.88. The van der Waals surface area contributed by atoms with Crippen molar-refractivity contribution in [1.82, 2.24) is 0 Å². The van der Waals surface area contributed by atoms with E-state index >= 15 is 0 Å². The molecule has 0 N–H and O–H groups in total. The Morgan fingerprint density at radius 3 is 2.92 bits per heavy atom. The molecule has 1 saturated carbocycles. The molecule has 70 valence electrons. The van der Waals surface area contributed by atoms with Crippen LogP contribution in [-0.2, 0) is 4.79 Å². The van der Waals surface area contributed by atoms with Crippen molar-refractivity contribution < 1.29 is 4.79 Å². The predicted molar refractivity (Wildman–Crippen MR) is 51.3 cm³/mol. The third-order valence-electron chi connectivity index (χ3n) is 4.29. The third-order valence-corrected chi connectivity index (χ3v) is 4.29. The summed E-state index contributed by atoms with van der Waals surface area (Å²) in [6, 6.07) is 0. The Hall–Kier alpha value is -0.590. The molecular formula is C12H16O. The number of ketones is 1. The SMILES string of the molecule is CC1CCC2CC3=C(C(=O)CC3)C12. The number of carbonyl (C=O) groups is 1. The Bertz CT molecular complexity index is 300. The fourth-order valence-electron chi connectivity index (χ4n) is 3.73. The van der Waals surface area contributed by atoms with Gasteiger partial charge in [-0.05, 0) is 49.0 Å². The van der Waals surface area contributed by atoms with E-state index in [1.165, 1.54) is 30.4 Å². The lowest BCUT2D eigenvalue weighted by molar-refractivity contribution is -0.115. The topological polar surface area (TPSA) is 17.1 Å². The minimum absolute atomic E-state index is 0.483. The summed E-state index contributed by atoms with van der Waals surface area (Å²) in [5.74, 6) is 2.78. The average Bonchev–Trinajstić information content (AvgIpc) is 2.69. The number of allylic oxidation sites excluding steroid dienone is 2. The monoisotopic (exact) mass is 176 g/mol. The van der Waals surface area contributed by atoms with Crippen molar-refractivity contribution in [3.05, 3.63) is 11.1 Å². The second kappa shape index (κ2) is 2.46. The van der Waals surface area contributed by atoms with Crippen LogP contribution in [0.1, 0.15) is 39.0 Å². The predicted octanol–water partition coefficient (Wildman–Crippen LogP) is 2.71. The van der Waals surface area contributed by atoms with Crippen LogP contribution in [0.4, 0.5) is 0 Å². The lowest BCUT2D eigenvalue weighted by atomic mass is 9.86. The summed E-state index contributed by atoms with van der Waals surface area (Å²) in [6.45, 7) is 2.33. The van der Waals surface area contributed by atoms with Gasteiger partial charge in [-0.25, -0.2) is 0 Å². The molecule has 3 aliphatic carbocycles. The van der Waals surface area contributed by atoms with Gasteiger partial charge in [0.25, 0.3) is 0 Å². The average molecular weight is 176 g/mol. The van der Waals surface area contributed by atoms with Gasteiger partial charge in [-0.3, -0.25) is 4.79 Å². The van der Waals surface area contributed by atoms with Crippen LogP contribution in [-0.4, -0.2) is 5.78 Å². The molecule has 1 fully saturated rings. The van der Waals surface area contributed by atoms with Gasteiger partial charge < -0.3 is 0 Å². The number of hydrogen-bond acceptors (Lipinski definition) is 1. The van der Waals surface area contributed by atoms with Crippen molar-refractivity contribution in [2.45, 2.75) is 39.0 Å². The molecule has 0 heterocycles. The van der Waals surface area contributed by atoms with Crippen LogP contribution in [0.3, 0.4) is 0 Å². The van der Waals surface area contributed by atoms with E-state index in [1.54, 1.807) is 0 Å². The third kappa shape index (κ3) is 0.905. The number of fused-ring (bicyclic) bond motifs is 2. The van der Waals surface area contributed by atoms with Crippen LogP contribution in [0.25, 0.3) is 0 Å². The Morgan fingerprint density at radius 1 is 1.23 bits per heavy atom. The standard InChI is InChI=1S/C12H16O/c1-7-2-3-8-6-9-4-5-10(13)12(9)11(7)8/h7-8,11H,2-6H2,1H3. The highest BCUT2D eigenvalue weighted by Gasteiger charge is 2.46. The van der Waals surface area contributed by atoms with E-state index in [4.69, 9.17) is 0 Å². The van der Waals surface area contributed by atoms with Gasteiger partial charge in [0.1, 0.15) is 0 Å². The molecule has 3 atom stereocenters. The van der Waals surface area contributed by atoms with Gasteiger partial charge in [0, 0.05) is 6.42 Å². The fraction of sp³-hybridized carbons (Fsp3) is 0.750. The first-order valence-corrected chi connectivity index (χ1v) is 5.52. The molecule has 3 aliphatic rings. The quantitative estimate of drug-likeness (QED) is 0.554. The van der Waals surface area contributed by atoms with Crippen molar-refractivity contribution in [3.8, 4) is 0 Å². The number of hydrogen-bond donors (Lipinski definition) is 0. The van der Waals surface area contributed by atoms with E-state index in [2.05, 4.69) is 6.92 Å². The minimum Gasteiger partial charge on any atom is -0.295 e. The molecule has 1 heteroatoms. The van der Waals surface area contributed by atoms with E-state index in [1.807, 2.05) is 0 Å². The molecular weight excluding hydrogens is 160 g/mol. The van der Waals surface area contributed by atoms with Crippen molar-refractivity contribution in [3.63, 3.8) is 0 Å². The second-order valence-corrected chi connectivity index (χ2v) is 4.99. The second-order valence-electron chi connectivity index (χ2n) is 4.99. The normalized spacial score (nSPS) is 42.8. The van der Waals surface area contributed by atoms with Gasteiger partial charge in [-0.2, -0.15) is 0 Å². The van der Waals surface area contributed by atoms with Crippen molar-refractivity contribution in [2.75, 3.05) is 0 Å². The molecule has 0 amide bonds. The van der Waals surface area contributed by atoms with Crippen molar-refractivity contribution >= 4 is 5.78 Å². The number of carbonyl (C=O) groups excluding carboxylic acids is 1. The van der Waals surface area contributed by atoms with Crippen LogP contribution in [0.2, 0.25) is 0 Å². The van der Waals surface area contributed by atoms with Crippen LogP contribution >= 0.6 is 0 Å². The molecule has 1 nitrogen and oxygen atoms in total. The number of Topliss-reactive ketones (excluding diaryl/α,β-unsaturated/α-hetero) is 1. The summed E-state index contributed by atoms with van der Waals surface area (Å²) in [5, 5.41) is 0. The summed E-state index contributed by atoms with van der Waals surface area (Å²) >= 11 is 0. The molecule has 0 aromatic carbocycles. The van der Waals surface area contributed by atoms with E-state index in [0.717, 1.165) is 24.7 Å². The molecule has 0 bridgehead atoms. The smallest absolute Gasteiger partial charge is 0.159 e. The Kier molecular flexibility index (Phi) is 1.47. The van der Waals surface area contributed by atoms with E-state index in [0.29, 0.717) is 11.7 Å². The molecule has 0 saturated heterocycles. The van der Waals surface area contributed by atoms with Crippen molar-refractivity contribution in [1.29, 1.82) is 0 Å². The maximum atomic E-state index is 11.7. The van der Waals surface area contributed by atoms with Gasteiger partial charge >= 0.3 is 0 Å². The summed E-state index contributed by atoms with van der Waals surface area (Å²) in [4.78, 5) is 11.7. The highest BCUT2D eigenvalue weighted by Crippen LogP contribution is 2.53. The van der Waals surface area contributed by atoms with Gasteiger partial charge in [0.15, 0.2) is 5.78 Å². The molecule has 3 unspecified atom stereocenters. The highest BCUT2D eigenvalue weighted by molar-refractivity contribution is 6.00. The van der Waals surface area contributed by atoms with E-state index in [9.17, 15) is 4.79 Å². The van der Waals surface area contributed by atoms with Gasteiger partial charge in [0.2, 0.25) is 0 Å². The zero-order valence-corrected chi connectivity index (χ0v) is 8.18. The molecule has 0 aliphatic heterocycles. The molecule has 0 aromatic rings. The van der Waals surface area contributed by atoms with Crippen LogP contribution in [0.5, 0.6) is 0 Å². The maximum absolute atomic E-state index is 11.7. The van der Waals surface area contributed by atoms with Crippen LogP contribution in [0, 0.1) is 17.8 Å². The van der Waals surface area contributed by atoms with E-state index < -0.39 is 0 Å². The van der Waals surface area contributed by atoms with Crippen LogP contribution < -0.4 is 0 Å². The van der Waals surface area contributed by atoms with Crippen LogP contribution in [0.15, 0.2) is 11.1 Å². The summed E-state index contributed by atoms with van der Waals surface area (Å²) in [7, 11) is 0. The lowest BCUT2D eigenvalue weighted by Gasteiger charge is -2.17. The maximum Gasteiger partial charge on any atom is 0.159 e. The van der Waals surface area contributed by atoms with Crippen molar-refractivity contribution in [2.24, 2.45) is 17.8 Å². The highest BCUT2D eigenvalue weighted by atomic mass is 16.1.